The SMILES string of the molecule is NC(C(=O)Nc1cccc(-c2nnco2)c1)c1cccs1. The molecule has 2 aromatic heterocycles. The number of carbonyl (C=O) groups is 1. The van der Waals surface area contributed by atoms with E-state index >= 15 is 0 Å². The van der Waals surface area contributed by atoms with Crippen LogP contribution in [0.25, 0.3) is 11.5 Å². The molecule has 0 radical (unpaired) electrons. The number of nitrogens with one attached hydrogen (secondary N) is 1. The minimum absolute atomic E-state index is 0.264. The Morgan fingerprint density at radius 1 is 1.33 bits per heavy atom. The molecule has 0 saturated heterocycles. The van der Waals surface area contributed by atoms with E-state index in [2.05, 4.69) is 15.5 Å². The van der Waals surface area contributed by atoms with Gasteiger partial charge in [-0.1, -0.05) is 12.1 Å². The van der Waals surface area contributed by atoms with E-state index in [1.54, 1.807) is 18.2 Å². The molecule has 3 rings (SSSR count). The molecule has 0 aliphatic carbocycles. The van der Waals surface area contributed by atoms with Gasteiger partial charge in [-0.15, -0.1) is 21.5 Å². The molecular weight excluding hydrogens is 288 g/mol. The third-order valence-corrected chi connectivity index (χ3v) is 3.82. The van der Waals surface area contributed by atoms with Crippen molar-refractivity contribution in [3.8, 4) is 11.5 Å². The van der Waals surface area contributed by atoms with Crippen LogP contribution >= 0.6 is 11.3 Å². The van der Waals surface area contributed by atoms with Gasteiger partial charge in [0.2, 0.25) is 18.2 Å². The number of carbonyl (C=O) groups excluding carboxylic acids is 1. The van der Waals surface area contributed by atoms with Gasteiger partial charge in [-0.25, -0.2) is 0 Å². The van der Waals surface area contributed by atoms with E-state index in [0.29, 0.717) is 11.6 Å². The Balaban J connectivity index is 1.76. The van der Waals surface area contributed by atoms with Gasteiger partial charge >= 0.3 is 0 Å². The molecule has 0 aliphatic heterocycles. The number of rotatable bonds is 4. The van der Waals surface area contributed by atoms with Gasteiger partial charge in [-0.3, -0.25) is 4.79 Å². The van der Waals surface area contributed by atoms with Gasteiger partial charge in [0.05, 0.1) is 0 Å². The standard InChI is InChI=1S/C14H12N4O2S/c15-12(11-5-2-6-21-11)13(19)17-10-4-1-3-9(7-10)14-18-16-8-20-14/h1-8,12H,15H2,(H,17,19). The molecule has 3 aromatic rings. The van der Waals surface area contributed by atoms with Crippen molar-refractivity contribution in [1.82, 2.24) is 10.2 Å². The second kappa shape index (κ2) is 5.86. The largest absolute Gasteiger partial charge is 0.423 e. The lowest BCUT2D eigenvalue weighted by Crippen LogP contribution is -2.26. The zero-order valence-electron chi connectivity index (χ0n) is 10.9. The smallest absolute Gasteiger partial charge is 0.247 e. The predicted octanol–water partition coefficient (Wildman–Crippen LogP) is 2.44. The van der Waals surface area contributed by atoms with E-state index < -0.39 is 6.04 Å². The summed E-state index contributed by atoms with van der Waals surface area (Å²) in [6.45, 7) is 0. The fourth-order valence-electron chi connectivity index (χ4n) is 1.85. The number of anilines is 1. The molecule has 7 heteroatoms. The molecule has 3 N–H and O–H groups in total. The number of hydrogen-bond acceptors (Lipinski definition) is 6. The number of nitrogens with zero attached hydrogens (tertiary/aromatic N) is 2. The van der Waals surface area contributed by atoms with Gasteiger partial charge < -0.3 is 15.5 Å². The van der Waals surface area contributed by atoms with Crippen molar-refractivity contribution in [3.05, 3.63) is 53.0 Å². The van der Waals surface area contributed by atoms with E-state index in [9.17, 15) is 4.79 Å². The average Bonchev–Trinajstić information content (AvgIpc) is 3.20. The summed E-state index contributed by atoms with van der Waals surface area (Å²) in [5.41, 5.74) is 7.28. The third-order valence-electron chi connectivity index (χ3n) is 2.87. The highest BCUT2D eigenvalue weighted by atomic mass is 32.1. The Bertz CT molecular complexity index is 725. The lowest BCUT2D eigenvalue weighted by Gasteiger charge is -2.11. The molecule has 21 heavy (non-hydrogen) atoms. The second-order valence-corrected chi connectivity index (χ2v) is 5.29. The summed E-state index contributed by atoms with van der Waals surface area (Å²) in [6.07, 6.45) is 1.26. The highest BCUT2D eigenvalue weighted by Crippen LogP contribution is 2.22. The Labute approximate surface area is 124 Å². The molecule has 1 unspecified atom stereocenters. The van der Waals surface area contributed by atoms with E-state index in [4.69, 9.17) is 10.2 Å². The van der Waals surface area contributed by atoms with Crippen LogP contribution in [-0.2, 0) is 4.79 Å². The minimum atomic E-state index is -0.683. The van der Waals surface area contributed by atoms with Crippen LogP contribution in [0.4, 0.5) is 5.69 Å². The summed E-state index contributed by atoms with van der Waals surface area (Å²) >= 11 is 1.45. The van der Waals surface area contributed by atoms with Crippen LogP contribution in [0.3, 0.4) is 0 Å². The number of amides is 1. The van der Waals surface area contributed by atoms with Crippen molar-refractivity contribution in [2.75, 3.05) is 5.32 Å². The predicted molar refractivity (Wildman–Crippen MR) is 79.6 cm³/mol. The van der Waals surface area contributed by atoms with Crippen molar-refractivity contribution in [1.29, 1.82) is 0 Å². The van der Waals surface area contributed by atoms with E-state index in [1.807, 2.05) is 23.6 Å². The van der Waals surface area contributed by atoms with Gasteiger partial charge in [0, 0.05) is 16.1 Å². The van der Waals surface area contributed by atoms with Gasteiger partial charge in [-0.05, 0) is 29.6 Å². The van der Waals surface area contributed by atoms with Gasteiger partial charge in [0.25, 0.3) is 0 Å². The summed E-state index contributed by atoms with van der Waals surface area (Å²) in [6, 6.07) is 10.2. The summed E-state index contributed by atoms with van der Waals surface area (Å²) in [5.74, 6) is 0.133. The van der Waals surface area contributed by atoms with Crippen molar-refractivity contribution < 1.29 is 9.21 Å². The Morgan fingerprint density at radius 2 is 2.24 bits per heavy atom. The van der Waals surface area contributed by atoms with Crippen LogP contribution < -0.4 is 11.1 Å². The number of benzene rings is 1. The van der Waals surface area contributed by atoms with Gasteiger partial charge in [0.15, 0.2) is 0 Å². The first-order valence-electron chi connectivity index (χ1n) is 6.20. The molecule has 106 valence electrons. The molecule has 6 nitrogen and oxygen atoms in total. The first kappa shape index (κ1) is 13.5. The topological polar surface area (TPSA) is 94.0 Å². The quantitative estimate of drug-likeness (QED) is 0.771. The Kier molecular flexibility index (Phi) is 3.76. The van der Waals surface area contributed by atoms with E-state index in [-0.39, 0.29) is 5.91 Å². The van der Waals surface area contributed by atoms with Crippen molar-refractivity contribution in [2.24, 2.45) is 5.73 Å². The Morgan fingerprint density at radius 3 is 2.95 bits per heavy atom. The fourth-order valence-corrected chi connectivity index (χ4v) is 2.57. The Hall–Kier alpha value is -2.51. The molecule has 0 aliphatic rings. The van der Waals surface area contributed by atoms with Crippen LogP contribution in [0.15, 0.2) is 52.6 Å². The number of aromatic nitrogens is 2. The van der Waals surface area contributed by atoms with Gasteiger partial charge in [-0.2, -0.15) is 0 Å². The molecule has 0 saturated carbocycles. The monoisotopic (exact) mass is 300 g/mol. The lowest BCUT2D eigenvalue weighted by atomic mass is 10.2. The maximum Gasteiger partial charge on any atom is 0.247 e. The van der Waals surface area contributed by atoms with E-state index in [1.165, 1.54) is 17.7 Å². The van der Waals surface area contributed by atoms with Crippen LogP contribution in [0.1, 0.15) is 10.9 Å². The van der Waals surface area contributed by atoms with Crippen molar-refractivity contribution in [3.63, 3.8) is 0 Å². The first-order valence-corrected chi connectivity index (χ1v) is 7.08. The molecule has 0 spiro atoms. The molecule has 0 bridgehead atoms. The zero-order chi connectivity index (χ0) is 14.7. The van der Waals surface area contributed by atoms with E-state index in [0.717, 1.165) is 10.4 Å². The number of hydrogen-bond donors (Lipinski definition) is 2. The molecule has 1 atom stereocenters. The minimum Gasteiger partial charge on any atom is -0.423 e. The molecule has 2 heterocycles. The van der Waals surface area contributed by atoms with Crippen LogP contribution in [0.5, 0.6) is 0 Å². The summed E-state index contributed by atoms with van der Waals surface area (Å²) in [4.78, 5) is 12.9. The lowest BCUT2D eigenvalue weighted by molar-refractivity contribution is -0.117. The molecule has 1 aromatic carbocycles. The molecule has 1 amide bonds. The average molecular weight is 300 g/mol. The van der Waals surface area contributed by atoms with Crippen molar-refractivity contribution in [2.45, 2.75) is 6.04 Å². The summed E-state index contributed by atoms with van der Waals surface area (Å²) in [5, 5.41) is 12.1. The summed E-state index contributed by atoms with van der Waals surface area (Å²) in [7, 11) is 0. The summed E-state index contributed by atoms with van der Waals surface area (Å²) < 4.78 is 5.13. The van der Waals surface area contributed by atoms with Gasteiger partial charge in [0.1, 0.15) is 6.04 Å². The van der Waals surface area contributed by atoms with Crippen molar-refractivity contribution >= 4 is 22.9 Å². The second-order valence-electron chi connectivity index (χ2n) is 4.31. The van der Waals surface area contributed by atoms with Crippen LogP contribution in [0.2, 0.25) is 0 Å². The highest BCUT2D eigenvalue weighted by molar-refractivity contribution is 7.10. The maximum atomic E-state index is 12.1. The van der Waals surface area contributed by atoms with Crippen LogP contribution in [0, 0.1) is 0 Å². The maximum absolute atomic E-state index is 12.1. The normalized spacial score (nSPS) is 12.0. The van der Waals surface area contributed by atoms with Crippen LogP contribution in [-0.4, -0.2) is 16.1 Å². The third kappa shape index (κ3) is 2.99. The first-order chi connectivity index (χ1) is 10.2. The number of thiophene rings is 1. The number of nitrogens with two attached hydrogens (primary N) is 1. The molecule has 0 fully saturated rings. The highest BCUT2D eigenvalue weighted by Gasteiger charge is 2.17. The fraction of sp³-hybridized carbons (Fsp3) is 0.0714. The zero-order valence-corrected chi connectivity index (χ0v) is 11.7. The molecular formula is C14H12N4O2S.